The molecule has 1 saturated carbocycles. The van der Waals surface area contributed by atoms with Crippen LogP contribution in [0, 0.1) is 5.92 Å². The zero-order chi connectivity index (χ0) is 24.1. The number of ether oxygens (including phenoxy) is 2. The Kier molecular flexibility index (Phi) is 8.19. The molecule has 1 atom stereocenters. The van der Waals surface area contributed by atoms with Crippen molar-refractivity contribution in [2.75, 3.05) is 19.6 Å². The lowest BCUT2D eigenvalue weighted by atomic mass is 9.91. The third-order valence-corrected chi connectivity index (χ3v) is 6.28. The van der Waals surface area contributed by atoms with Gasteiger partial charge in [-0.05, 0) is 57.9 Å². The molecule has 1 aromatic carbocycles. The molecule has 2 aliphatic rings. The number of halogens is 2. The van der Waals surface area contributed by atoms with Crippen LogP contribution >= 0.6 is 0 Å². The van der Waals surface area contributed by atoms with Crippen molar-refractivity contribution in [1.29, 1.82) is 0 Å². The monoisotopic (exact) mass is 466 g/mol. The molecule has 184 valence electrons. The number of hydrogen-bond acceptors (Lipinski definition) is 4. The molecule has 33 heavy (non-hydrogen) atoms. The number of carbonyl (C=O) groups is 2. The minimum atomic E-state index is -2.66. The molecule has 3 rings (SSSR count). The van der Waals surface area contributed by atoms with Gasteiger partial charge in [0.2, 0.25) is 5.92 Å². The Morgan fingerprint density at radius 2 is 1.79 bits per heavy atom. The van der Waals surface area contributed by atoms with Gasteiger partial charge in [0.05, 0.1) is 0 Å². The average Bonchev–Trinajstić information content (AvgIpc) is 3.22. The van der Waals surface area contributed by atoms with Gasteiger partial charge >= 0.3 is 12.2 Å². The Hall–Kier alpha value is -2.38. The summed E-state index contributed by atoms with van der Waals surface area (Å²) in [6, 6.07) is 9.14. The van der Waals surface area contributed by atoms with Crippen LogP contribution in [0.2, 0.25) is 0 Å². The number of likely N-dealkylation sites (tertiary alicyclic amines) is 1. The average molecular weight is 467 g/mol. The number of amides is 2. The lowest BCUT2D eigenvalue weighted by molar-refractivity contribution is -0.0534. The van der Waals surface area contributed by atoms with Gasteiger partial charge in [0.1, 0.15) is 12.2 Å². The smallest absolute Gasteiger partial charge is 0.410 e. The Bertz CT molecular complexity index is 787. The predicted molar refractivity (Wildman–Crippen MR) is 121 cm³/mol. The molecule has 0 radical (unpaired) electrons. The molecule has 6 nitrogen and oxygen atoms in total. The van der Waals surface area contributed by atoms with Gasteiger partial charge < -0.3 is 19.3 Å². The van der Waals surface area contributed by atoms with E-state index >= 15 is 0 Å². The van der Waals surface area contributed by atoms with Crippen molar-refractivity contribution in [3.8, 4) is 0 Å². The molecule has 0 bridgehead atoms. The first-order valence-electron chi connectivity index (χ1n) is 11.9. The number of alkyl halides is 2. The van der Waals surface area contributed by atoms with Gasteiger partial charge in [-0.15, -0.1) is 0 Å². The van der Waals surface area contributed by atoms with E-state index in [-0.39, 0.29) is 50.3 Å². The van der Waals surface area contributed by atoms with Gasteiger partial charge in [-0.25, -0.2) is 18.4 Å². The summed E-state index contributed by atoms with van der Waals surface area (Å²) in [6.07, 6.45) is 0.840. The quantitative estimate of drug-likeness (QED) is 0.528. The fourth-order valence-corrected chi connectivity index (χ4v) is 4.44. The first-order valence-corrected chi connectivity index (χ1v) is 11.9. The fourth-order valence-electron chi connectivity index (χ4n) is 4.44. The van der Waals surface area contributed by atoms with Crippen LogP contribution in [-0.4, -0.2) is 59.2 Å². The van der Waals surface area contributed by atoms with E-state index in [0.717, 1.165) is 12.0 Å². The van der Waals surface area contributed by atoms with Gasteiger partial charge in [0.25, 0.3) is 0 Å². The molecule has 1 saturated heterocycles. The van der Waals surface area contributed by atoms with Crippen molar-refractivity contribution >= 4 is 12.2 Å². The van der Waals surface area contributed by atoms with E-state index in [9.17, 15) is 18.4 Å². The van der Waals surface area contributed by atoms with Gasteiger partial charge in [-0.1, -0.05) is 30.3 Å². The van der Waals surface area contributed by atoms with Crippen LogP contribution in [0.1, 0.15) is 64.9 Å². The highest BCUT2D eigenvalue weighted by atomic mass is 19.3. The van der Waals surface area contributed by atoms with Gasteiger partial charge in [-0.2, -0.15) is 0 Å². The molecule has 2 fully saturated rings. The summed E-state index contributed by atoms with van der Waals surface area (Å²) in [5, 5.41) is 0. The summed E-state index contributed by atoms with van der Waals surface area (Å²) in [5.41, 5.74) is 0.335. The van der Waals surface area contributed by atoms with E-state index in [1.54, 1.807) is 9.80 Å². The number of hydrogen-bond donors (Lipinski definition) is 0. The van der Waals surface area contributed by atoms with Crippen molar-refractivity contribution < 1.29 is 27.8 Å². The minimum absolute atomic E-state index is 0.148. The first kappa shape index (κ1) is 25.2. The third-order valence-electron chi connectivity index (χ3n) is 6.28. The predicted octanol–water partition coefficient (Wildman–Crippen LogP) is 5.85. The molecule has 1 unspecified atom stereocenters. The largest absolute Gasteiger partial charge is 0.445 e. The molecule has 1 aliphatic carbocycles. The van der Waals surface area contributed by atoms with Crippen molar-refractivity contribution in [3.63, 3.8) is 0 Å². The Balaban J connectivity index is 1.56. The van der Waals surface area contributed by atoms with Crippen LogP contribution < -0.4 is 0 Å². The molecule has 0 aromatic heterocycles. The van der Waals surface area contributed by atoms with E-state index < -0.39 is 17.6 Å². The summed E-state index contributed by atoms with van der Waals surface area (Å²) < 4.78 is 38.4. The molecular formula is C25H36F2N2O4. The normalized spacial score (nSPS) is 21.0. The summed E-state index contributed by atoms with van der Waals surface area (Å²) in [5.74, 6) is -2.43. The van der Waals surface area contributed by atoms with Gasteiger partial charge in [0, 0.05) is 38.5 Å². The first-order chi connectivity index (χ1) is 15.5. The Labute approximate surface area is 195 Å². The highest BCUT2D eigenvalue weighted by Gasteiger charge is 2.39. The second-order valence-corrected chi connectivity index (χ2v) is 10.2. The van der Waals surface area contributed by atoms with Crippen LogP contribution in [0.25, 0.3) is 0 Å². The molecule has 1 heterocycles. The summed E-state index contributed by atoms with van der Waals surface area (Å²) in [6.45, 7) is 7.28. The van der Waals surface area contributed by atoms with E-state index in [1.807, 2.05) is 51.1 Å². The number of carbonyl (C=O) groups excluding carboxylic acids is 2. The maximum Gasteiger partial charge on any atom is 0.410 e. The maximum absolute atomic E-state index is 13.7. The van der Waals surface area contributed by atoms with E-state index in [0.29, 0.717) is 26.1 Å². The van der Waals surface area contributed by atoms with Crippen molar-refractivity contribution in [2.24, 2.45) is 5.92 Å². The van der Waals surface area contributed by atoms with Crippen molar-refractivity contribution in [1.82, 2.24) is 9.80 Å². The van der Waals surface area contributed by atoms with E-state index in [2.05, 4.69) is 0 Å². The van der Waals surface area contributed by atoms with Crippen molar-refractivity contribution in [2.45, 2.75) is 83.5 Å². The number of nitrogens with zero attached hydrogens (tertiary/aromatic N) is 2. The lowest BCUT2D eigenvalue weighted by Gasteiger charge is -2.36. The van der Waals surface area contributed by atoms with Crippen LogP contribution in [0.3, 0.4) is 0 Å². The standard InChI is InChI=1S/C25H36F2N2O4/c1-24(2,3)33-22(30)28-15-11-19(17-28)12-16-29(21-9-13-25(26,27)14-10-21)23(31)32-18-20-7-5-4-6-8-20/h4-8,19,21H,9-18H2,1-3H3. The van der Waals surface area contributed by atoms with Crippen LogP contribution in [0.15, 0.2) is 30.3 Å². The number of rotatable bonds is 6. The summed E-state index contributed by atoms with van der Waals surface area (Å²) >= 11 is 0. The van der Waals surface area contributed by atoms with E-state index in [1.165, 1.54) is 0 Å². The molecular weight excluding hydrogens is 430 g/mol. The Morgan fingerprint density at radius 3 is 2.42 bits per heavy atom. The summed E-state index contributed by atoms with van der Waals surface area (Å²) in [4.78, 5) is 28.6. The second kappa shape index (κ2) is 10.7. The molecule has 1 aromatic rings. The zero-order valence-corrected chi connectivity index (χ0v) is 19.9. The molecule has 0 spiro atoms. The minimum Gasteiger partial charge on any atom is -0.445 e. The summed E-state index contributed by atoms with van der Waals surface area (Å²) in [7, 11) is 0. The van der Waals surface area contributed by atoms with Crippen molar-refractivity contribution in [3.05, 3.63) is 35.9 Å². The highest BCUT2D eigenvalue weighted by Crippen LogP contribution is 2.35. The topological polar surface area (TPSA) is 59.1 Å². The highest BCUT2D eigenvalue weighted by molar-refractivity contribution is 5.69. The zero-order valence-electron chi connectivity index (χ0n) is 19.9. The molecule has 1 aliphatic heterocycles. The SMILES string of the molecule is CC(C)(C)OC(=O)N1CCC(CCN(C(=O)OCc2ccccc2)C2CCC(F)(F)CC2)C1. The van der Waals surface area contributed by atoms with Crippen LogP contribution in [0.5, 0.6) is 0 Å². The molecule has 2 amide bonds. The number of benzene rings is 1. The lowest BCUT2D eigenvalue weighted by Crippen LogP contribution is -2.45. The Morgan fingerprint density at radius 1 is 1.12 bits per heavy atom. The van der Waals surface area contributed by atoms with Crippen LogP contribution in [0.4, 0.5) is 18.4 Å². The van der Waals surface area contributed by atoms with Crippen LogP contribution in [-0.2, 0) is 16.1 Å². The van der Waals surface area contributed by atoms with Gasteiger partial charge in [-0.3, -0.25) is 0 Å². The van der Waals surface area contributed by atoms with Gasteiger partial charge in [0.15, 0.2) is 0 Å². The molecule has 8 heteroatoms. The third kappa shape index (κ3) is 7.86. The van der Waals surface area contributed by atoms with E-state index in [4.69, 9.17) is 9.47 Å². The maximum atomic E-state index is 13.7. The fraction of sp³-hybridized carbons (Fsp3) is 0.680. The molecule has 0 N–H and O–H groups in total. The second-order valence-electron chi connectivity index (χ2n) is 10.2.